The van der Waals surface area contributed by atoms with Gasteiger partial charge in [0.1, 0.15) is 0 Å². The monoisotopic (exact) mass is 287 g/mol. The molecule has 2 heterocycles. The number of aryl methyl sites for hydroxylation is 1. The largest absolute Gasteiger partial charge is 0.469 e. The Morgan fingerprint density at radius 3 is 2.67 bits per heavy atom. The third-order valence-electron chi connectivity index (χ3n) is 4.14. The average Bonchev–Trinajstić information content (AvgIpc) is 2.87. The topological polar surface area (TPSA) is 57.5 Å². The van der Waals surface area contributed by atoms with E-state index >= 15 is 0 Å². The highest BCUT2D eigenvalue weighted by Gasteiger charge is 2.31. The summed E-state index contributed by atoms with van der Waals surface area (Å²) in [6.07, 6.45) is 1.23. The second-order valence-corrected chi connectivity index (χ2v) is 5.19. The van der Waals surface area contributed by atoms with E-state index in [2.05, 4.69) is 4.57 Å². The van der Waals surface area contributed by atoms with E-state index in [1.165, 1.54) is 14.2 Å². The number of carbonyl (C=O) groups excluding carboxylic acids is 2. The molecule has 1 aliphatic rings. The van der Waals surface area contributed by atoms with Crippen molar-refractivity contribution in [1.29, 1.82) is 0 Å². The lowest BCUT2D eigenvalue weighted by molar-refractivity contribution is -0.146. The highest BCUT2D eigenvalue weighted by atomic mass is 16.5. The predicted octanol–water partition coefficient (Wildman–Crippen LogP) is 2.16. The number of methoxy groups -OCH3 is 2. The van der Waals surface area contributed by atoms with E-state index in [9.17, 15) is 9.59 Å². The minimum absolute atomic E-state index is 0.199. The molecule has 5 nitrogen and oxygen atoms in total. The number of nitrogens with zero attached hydrogens (tertiary/aromatic N) is 1. The van der Waals surface area contributed by atoms with Gasteiger partial charge in [0.05, 0.1) is 25.7 Å². The van der Waals surface area contributed by atoms with Crippen molar-refractivity contribution in [3.63, 3.8) is 0 Å². The van der Waals surface area contributed by atoms with Crippen LogP contribution in [0.3, 0.4) is 0 Å². The van der Waals surface area contributed by atoms with Gasteiger partial charge in [-0.1, -0.05) is 18.2 Å². The van der Waals surface area contributed by atoms with Crippen molar-refractivity contribution in [3.8, 4) is 0 Å². The Morgan fingerprint density at radius 2 is 1.95 bits per heavy atom. The van der Waals surface area contributed by atoms with Crippen LogP contribution in [0.1, 0.15) is 22.5 Å². The van der Waals surface area contributed by atoms with E-state index in [4.69, 9.17) is 9.47 Å². The average molecular weight is 287 g/mol. The number of rotatable bonds is 2. The summed E-state index contributed by atoms with van der Waals surface area (Å²) in [5.74, 6) is -0.775. The third-order valence-corrected chi connectivity index (χ3v) is 4.14. The van der Waals surface area contributed by atoms with E-state index in [1.807, 2.05) is 24.3 Å². The first-order chi connectivity index (χ1) is 10.2. The summed E-state index contributed by atoms with van der Waals surface area (Å²) in [7, 11) is 2.77. The van der Waals surface area contributed by atoms with Gasteiger partial charge in [-0.15, -0.1) is 0 Å². The normalized spacial score (nSPS) is 17.3. The van der Waals surface area contributed by atoms with Crippen LogP contribution in [0.15, 0.2) is 24.3 Å². The fourth-order valence-corrected chi connectivity index (χ4v) is 3.14. The lowest BCUT2D eigenvalue weighted by Gasteiger charge is -2.23. The molecule has 5 heteroatoms. The van der Waals surface area contributed by atoms with Crippen molar-refractivity contribution in [1.82, 2.24) is 4.57 Å². The summed E-state index contributed by atoms with van der Waals surface area (Å²) in [5, 5.41) is 0.880. The number of fused-ring (bicyclic) bond motifs is 3. The fourth-order valence-electron chi connectivity index (χ4n) is 3.14. The highest BCUT2D eigenvalue weighted by molar-refractivity contribution is 6.06. The maximum Gasteiger partial charge on any atom is 0.340 e. The van der Waals surface area contributed by atoms with Crippen LogP contribution in [-0.4, -0.2) is 30.7 Å². The van der Waals surface area contributed by atoms with Gasteiger partial charge in [0.15, 0.2) is 0 Å². The Hall–Kier alpha value is -2.30. The van der Waals surface area contributed by atoms with Gasteiger partial charge in [-0.05, 0) is 12.5 Å². The summed E-state index contributed by atoms with van der Waals surface area (Å²) in [6.45, 7) is 0.701. The van der Waals surface area contributed by atoms with Crippen molar-refractivity contribution in [2.75, 3.05) is 14.2 Å². The Bertz CT molecular complexity index is 716. The molecule has 1 aromatic heterocycles. The van der Waals surface area contributed by atoms with Crippen LogP contribution >= 0.6 is 0 Å². The van der Waals surface area contributed by atoms with E-state index in [0.29, 0.717) is 18.5 Å². The number of hydrogen-bond acceptors (Lipinski definition) is 4. The minimum Gasteiger partial charge on any atom is -0.469 e. The van der Waals surface area contributed by atoms with Crippen LogP contribution in [0.5, 0.6) is 0 Å². The van der Waals surface area contributed by atoms with Crippen LogP contribution in [0.2, 0.25) is 0 Å². The zero-order chi connectivity index (χ0) is 15.0. The molecule has 21 heavy (non-hydrogen) atoms. The molecular formula is C16H17NO4. The van der Waals surface area contributed by atoms with E-state index in [1.54, 1.807) is 0 Å². The molecule has 0 radical (unpaired) electrons. The van der Waals surface area contributed by atoms with Gasteiger partial charge < -0.3 is 14.0 Å². The van der Waals surface area contributed by atoms with Gasteiger partial charge >= 0.3 is 11.9 Å². The molecule has 0 spiro atoms. The van der Waals surface area contributed by atoms with Gasteiger partial charge in [0.2, 0.25) is 0 Å². The number of carbonyl (C=O) groups is 2. The smallest absolute Gasteiger partial charge is 0.340 e. The molecule has 1 aromatic carbocycles. The first-order valence-electron chi connectivity index (χ1n) is 6.93. The number of ether oxygens (including phenoxy) is 2. The molecule has 1 atom stereocenters. The van der Waals surface area contributed by atoms with Crippen LogP contribution in [0, 0.1) is 5.92 Å². The number of aromatic nitrogens is 1. The fraction of sp³-hybridized carbons (Fsp3) is 0.375. The van der Waals surface area contributed by atoms with Crippen LogP contribution in [-0.2, 0) is 27.2 Å². The Balaban J connectivity index is 2.17. The predicted molar refractivity (Wildman–Crippen MR) is 77.1 cm³/mol. The highest BCUT2D eigenvalue weighted by Crippen LogP contribution is 2.33. The zero-order valence-electron chi connectivity index (χ0n) is 12.1. The lowest BCUT2D eigenvalue weighted by Crippen LogP contribution is -2.27. The van der Waals surface area contributed by atoms with Gasteiger partial charge in [-0.3, -0.25) is 4.79 Å². The second kappa shape index (κ2) is 5.24. The summed E-state index contributed by atoms with van der Waals surface area (Å²) < 4.78 is 11.9. The molecule has 2 aromatic rings. The van der Waals surface area contributed by atoms with Crippen LogP contribution in [0.25, 0.3) is 10.9 Å². The summed E-state index contributed by atoms with van der Waals surface area (Å²) in [4.78, 5) is 23.9. The SMILES string of the molecule is COC(=O)c1c2n(c3ccccc13)CCC(C(=O)OC)C2. The molecule has 0 fully saturated rings. The first kappa shape index (κ1) is 13.7. The van der Waals surface area contributed by atoms with Crippen LogP contribution in [0.4, 0.5) is 0 Å². The summed E-state index contributed by atoms with van der Waals surface area (Å²) in [5.41, 5.74) is 2.45. The lowest BCUT2D eigenvalue weighted by atomic mass is 9.94. The molecule has 0 saturated heterocycles. The first-order valence-corrected chi connectivity index (χ1v) is 6.93. The molecule has 110 valence electrons. The van der Waals surface area contributed by atoms with E-state index in [-0.39, 0.29) is 17.9 Å². The van der Waals surface area contributed by atoms with Crippen molar-refractivity contribution in [2.45, 2.75) is 19.4 Å². The molecule has 1 unspecified atom stereocenters. The molecular weight excluding hydrogens is 270 g/mol. The van der Waals surface area contributed by atoms with Crippen LogP contribution < -0.4 is 0 Å². The number of esters is 2. The molecule has 0 aliphatic carbocycles. The zero-order valence-corrected chi connectivity index (χ0v) is 12.1. The van der Waals surface area contributed by atoms with Gasteiger partial charge in [0, 0.05) is 29.6 Å². The van der Waals surface area contributed by atoms with Gasteiger partial charge in [-0.2, -0.15) is 0 Å². The van der Waals surface area contributed by atoms with Crippen molar-refractivity contribution in [2.24, 2.45) is 5.92 Å². The number of para-hydroxylation sites is 1. The molecule has 0 bridgehead atoms. The number of hydrogen-bond donors (Lipinski definition) is 0. The number of benzene rings is 1. The van der Waals surface area contributed by atoms with Gasteiger partial charge in [-0.25, -0.2) is 4.79 Å². The molecule has 3 rings (SSSR count). The Morgan fingerprint density at radius 1 is 1.19 bits per heavy atom. The van der Waals surface area contributed by atoms with E-state index < -0.39 is 0 Å². The maximum absolute atomic E-state index is 12.2. The quantitative estimate of drug-likeness (QED) is 0.794. The van der Waals surface area contributed by atoms with Crippen molar-refractivity contribution in [3.05, 3.63) is 35.5 Å². The van der Waals surface area contributed by atoms with Gasteiger partial charge in [0.25, 0.3) is 0 Å². The molecule has 0 N–H and O–H groups in total. The standard InChI is InChI=1S/C16H17NO4/c1-20-15(18)10-7-8-17-12-6-4-3-5-11(12)14(13(17)9-10)16(19)21-2/h3-6,10H,7-9H2,1-2H3. The second-order valence-electron chi connectivity index (χ2n) is 5.19. The molecule has 1 aliphatic heterocycles. The molecule has 0 saturated carbocycles. The summed E-state index contributed by atoms with van der Waals surface area (Å²) >= 11 is 0. The van der Waals surface area contributed by atoms with Crippen molar-refractivity contribution >= 4 is 22.8 Å². The summed E-state index contributed by atoms with van der Waals surface area (Å²) in [6, 6.07) is 7.76. The minimum atomic E-state index is -0.356. The third kappa shape index (κ3) is 2.09. The maximum atomic E-state index is 12.2. The Kier molecular flexibility index (Phi) is 3.41. The molecule has 0 amide bonds. The van der Waals surface area contributed by atoms with E-state index in [0.717, 1.165) is 23.0 Å². The van der Waals surface area contributed by atoms with Crippen molar-refractivity contribution < 1.29 is 19.1 Å². The Labute approximate surface area is 122 Å².